The number of rotatable bonds is 2. The standard InChI is InChI=1S/C14H14N4O/c1-9-7-10(3-6-13(9)19-2)11-4-5-12-14(15)16-8-18(12)17-11/h3-8H,15H2,1-2H3. The van der Waals surface area contributed by atoms with Gasteiger partial charge in [0.15, 0.2) is 5.82 Å². The Kier molecular flexibility index (Phi) is 2.59. The summed E-state index contributed by atoms with van der Waals surface area (Å²) < 4.78 is 6.94. The fourth-order valence-electron chi connectivity index (χ4n) is 2.10. The Labute approximate surface area is 110 Å². The topological polar surface area (TPSA) is 65.4 Å². The van der Waals surface area contributed by atoms with Gasteiger partial charge >= 0.3 is 0 Å². The number of anilines is 1. The number of methoxy groups -OCH3 is 1. The van der Waals surface area contributed by atoms with E-state index in [1.54, 1.807) is 18.0 Å². The Morgan fingerprint density at radius 1 is 1.21 bits per heavy atom. The molecule has 5 heteroatoms. The number of nitrogens with two attached hydrogens (primary N) is 1. The van der Waals surface area contributed by atoms with E-state index in [2.05, 4.69) is 10.1 Å². The Balaban J connectivity index is 2.10. The Hall–Kier alpha value is -2.56. The zero-order chi connectivity index (χ0) is 13.4. The molecule has 0 saturated heterocycles. The largest absolute Gasteiger partial charge is 0.496 e. The molecule has 96 valence electrons. The molecule has 19 heavy (non-hydrogen) atoms. The number of imidazole rings is 1. The zero-order valence-electron chi connectivity index (χ0n) is 10.8. The van der Waals surface area contributed by atoms with Gasteiger partial charge in [-0.05, 0) is 42.8 Å². The maximum absolute atomic E-state index is 5.74. The second-order valence-corrected chi connectivity index (χ2v) is 4.36. The van der Waals surface area contributed by atoms with Gasteiger partial charge in [-0.15, -0.1) is 0 Å². The summed E-state index contributed by atoms with van der Waals surface area (Å²) in [5, 5.41) is 4.50. The highest BCUT2D eigenvalue weighted by molar-refractivity contribution is 5.69. The number of fused-ring (bicyclic) bond motifs is 1. The first-order valence-corrected chi connectivity index (χ1v) is 5.94. The molecular weight excluding hydrogens is 240 g/mol. The molecule has 2 heterocycles. The van der Waals surface area contributed by atoms with E-state index < -0.39 is 0 Å². The summed E-state index contributed by atoms with van der Waals surface area (Å²) in [6.45, 7) is 2.01. The van der Waals surface area contributed by atoms with Crippen LogP contribution in [-0.2, 0) is 0 Å². The van der Waals surface area contributed by atoms with Gasteiger partial charge in [-0.2, -0.15) is 5.10 Å². The van der Waals surface area contributed by atoms with Crippen LogP contribution in [0.1, 0.15) is 5.56 Å². The summed E-state index contributed by atoms with van der Waals surface area (Å²) >= 11 is 0. The third kappa shape index (κ3) is 1.89. The Morgan fingerprint density at radius 2 is 2.05 bits per heavy atom. The van der Waals surface area contributed by atoms with E-state index in [9.17, 15) is 0 Å². The molecule has 3 rings (SSSR count). The number of hydrogen-bond donors (Lipinski definition) is 1. The van der Waals surface area contributed by atoms with Crippen molar-refractivity contribution in [3.8, 4) is 17.0 Å². The highest BCUT2D eigenvalue weighted by atomic mass is 16.5. The average Bonchev–Trinajstić information content (AvgIpc) is 2.80. The average molecular weight is 254 g/mol. The molecule has 1 aromatic carbocycles. The molecule has 0 atom stereocenters. The summed E-state index contributed by atoms with van der Waals surface area (Å²) in [6, 6.07) is 9.84. The summed E-state index contributed by atoms with van der Waals surface area (Å²) in [5.74, 6) is 1.36. The van der Waals surface area contributed by atoms with Gasteiger partial charge in [0.25, 0.3) is 0 Å². The molecule has 5 nitrogen and oxygen atoms in total. The van der Waals surface area contributed by atoms with Crippen LogP contribution in [-0.4, -0.2) is 21.7 Å². The highest BCUT2D eigenvalue weighted by Crippen LogP contribution is 2.25. The molecular formula is C14H14N4O. The van der Waals surface area contributed by atoms with Crippen molar-refractivity contribution in [2.45, 2.75) is 6.92 Å². The number of aromatic nitrogens is 3. The number of nitrogens with zero attached hydrogens (tertiary/aromatic N) is 3. The normalized spacial score (nSPS) is 10.8. The summed E-state index contributed by atoms with van der Waals surface area (Å²) in [7, 11) is 1.67. The lowest BCUT2D eigenvalue weighted by molar-refractivity contribution is 0.412. The smallest absolute Gasteiger partial charge is 0.151 e. The minimum atomic E-state index is 0.491. The third-order valence-electron chi connectivity index (χ3n) is 3.12. The maximum atomic E-state index is 5.74. The van der Waals surface area contributed by atoms with Crippen LogP contribution in [0.15, 0.2) is 36.7 Å². The Bertz CT molecular complexity index is 748. The lowest BCUT2D eigenvalue weighted by atomic mass is 10.1. The van der Waals surface area contributed by atoms with Crippen molar-refractivity contribution in [3.05, 3.63) is 42.2 Å². The summed E-state index contributed by atoms with van der Waals surface area (Å²) in [5.41, 5.74) is 9.53. The number of benzene rings is 1. The van der Waals surface area contributed by atoms with Crippen LogP contribution < -0.4 is 10.5 Å². The van der Waals surface area contributed by atoms with Gasteiger partial charge in [0.1, 0.15) is 17.6 Å². The van der Waals surface area contributed by atoms with Crippen molar-refractivity contribution < 1.29 is 4.74 Å². The van der Waals surface area contributed by atoms with Crippen molar-refractivity contribution in [1.29, 1.82) is 0 Å². The van der Waals surface area contributed by atoms with E-state index in [0.29, 0.717) is 5.82 Å². The first-order chi connectivity index (χ1) is 9.19. The fourth-order valence-corrected chi connectivity index (χ4v) is 2.10. The first kappa shape index (κ1) is 11.5. The molecule has 0 fully saturated rings. The van der Waals surface area contributed by atoms with Gasteiger partial charge in [-0.25, -0.2) is 9.50 Å². The van der Waals surface area contributed by atoms with Gasteiger partial charge in [-0.3, -0.25) is 0 Å². The number of hydrogen-bond acceptors (Lipinski definition) is 4. The van der Waals surface area contributed by atoms with Gasteiger partial charge in [-0.1, -0.05) is 0 Å². The second kappa shape index (κ2) is 4.28. The molecule has 3 aromatic rings. The molecule has 0 amide bonds. The highest BCUT2D eigenvalue weighted by Gasteiger charge is 2.06. The van der Waals surface area contributed by atoms with E-state index in [4.69, 9.17) is 10.5 Å². The first-order valence-electron chi connectivity index (χ1n) is 5.94. The predicted octanol–water partition coefficient (Wildman–Crippen LogP) is 2.30. The number of nitrogen functional groups attached to an aromatic ring is 1. The van der Waals surface area contributed by atoms with E-state index in [-0.39, 0.29) is 0 Å². The van der Waals surface area contributed by atoms with Crippen LogP contribution >= 0.6 is 0 Å². The summed E-state index contributed by atoms with van der Waals surface area (Å²) in [6.07, 6.45) is 1.62. The molecule has 2 N–H and O–H groups in total. The fraction of sp³-hybridized carbons (Fsp3) is 0.143. The van der Waals surface area contributed by atoms with Crippen molar-refractivity contribution in [2.24, 2.45) is 0 Å². The minimum Gasteiger partial charge on any atom is -0.496 e. The van der Waals surface area contributed by atoms with E-state index in [1.807, 2.05) is 37.3 Å². The van der Waals surface area contributed by atoms with Crippen LogP contribution in [0.25, 0.3) is 16.8 Å². The van der Waals surface area contributed by atoms with Crippen LogP contribution in [0.2, 0.25) is 0 Å². The van der Waals surface area contributed by atoms with E-state index in [1.165, 1.54) is 0 Å². The molecule has 0 aliphatic rings. The molecule has 0 radical (unpaired) electrons. The SMILES string of the molecule is COc1ccc(-c2ccc3c(N)ncn3n2)cc1C. The van der Waals surface area contributed by atoms with Crippen molar-refractivity contribution in [3.63, 3.8) is 0 Å². The quantitative estimate of drug-likeness (QED) is 0.762. The molecule has 0 saturated carbocycles. The van der Waals surface area contributed by atoms with Crippen LogP contribution in [0.5, 0.6) is 5.75 Å². The van der Waals surface area contributed by atoms with Crippen LogP contribution in [0.3, 0.4) is 0 Å². The zero-order valence-corrected chi connectivity index (χ0v) is 10.8. The minimum absolute atomic E-state index is 0.491. The van der Waals surface area contributed by atoms with Crippen LogP contribution in [0.4, 0.5) is 5.82 Å². The van der Waals surface area contributed by atoms with Gasteiger partial charge in [0.2, 0.25) is 0 Å². The number of ether oxygens (including phenoxy) is 1. The Morgan fingerprint density at radius 3 is 2.79 bits per heavy atom. The van der Waals surface area contributed by atoms with Gasteiger partial charge in [0, 0.05) is 5.56 Å². The van der Waals surface area contributed by atoms with Crippen LogP contribution in [0, 0.1) is 6.92 Å². The van der Waals surface area contributed by atoms with Crippen molar-refractivity contribution in [2.75, 3.05) is 12.8 Å². The predicted molar refractivity (Wildman–Crippen MR) is 74.1 cm³/mol. The maximum Gasteiger partial charge on any atom is 0.151 e. The summed E-state index contributed by atoms with van der Waals surface area (Å²) in [4.78, 5) is 4.03. The molecule has 0 aliphatic heterocycles. The van der Waals surface area contributed by atoms with Crippen molar-refractivity contribution >= 4 is 11.3 Å². The molecule has 0 bridgehead atoms. The molecule has 0 unspecified atom stereocenters. The second-order valence-electron chi connectivity index (χ2n) is 4.36. The lowest BCUT2D eigenvalue weighted by Crippen LogP contribution is -1.95. The van der Waals surface area contributed by atoms with Crippen molar-refractivity contribution in [1.82, 2.24) is 14.6 Å². The molecule has 2 aromatic heterocycles. The third-order valence-corrected chi connectivity index (χ3v) is 3.12. The van der Waals surface area contributed by atoms with Gasteiger partial charge in [0.05, 0.1) is 12.8 Å². The van der Waals surface area contributed by atoms with E-state index >= 15 is 0 Å². The lowest BCUT2D eigenvalue weighted by Gasteiger charge is -2.07. The molecule has 0 aliphatic carbocycles. The van der Waals surface area contributed by atoms with E-state index in [0.717, 1.165) is 28.1 Å². The number of aryl methyl sites for hydroxylation is 1. The molecule has 0 spiro atoms. The van der Waals surface area contributed by atoms with Gasteiger partial charge < -0.3 is 10.5 Å². The monoisotopic (exact) mass is 254 g/mol.